The molecule has 3 N–H and O–H groups in total. The maximum absolute atomic E-state index is 11.9. The number of hydrogen-bond acceptors (Lipinski definition) is 5. The van der Waals surface area contributed by atoms with Gasteiger partial charge in [0, 0.05) is 35.8 Å². The van der Waals surface area contributed by atoms with E-state index in [1.165, 1.54) is 12.0 Å². The Labute approximate surface area is 181 Å². The largest absolute Gasteiger partial charge is 0.369 e. The molecule has 0 aliphatic carbocycles. The maximum atomic E-state index is 11.9. The average molecular weight is 424 g/mol. The molecule has 1 atom stereocenters. The number of amides is 1. The number of fused-ring (bicyclic) bond motifs is 1. The van der Waals surface area contributed by atoms with Gasteiger partial charge in [-0.15, -0.1) is 0 Å². The van der Waals surface area contributed by atoms with Gasteiger partial charge in [0.05, 0.1) is 11.1 Å². The minimum absolute atomic E-state index is 0.262. The van der Waals surface area contributed by atoms with Gasteiger partial charge in [0.15, 0.2) is 0 Å². The van der Waals surface area contributed by atoms with Gasteiger partial charge in [0.2, 0.25) is 0 Å². The van der Waals surface area contributed by atoms with E-state index in [1.54, 1.807) is 6.07 Å². The van der Waals surface area contributed by atoms with Crippen LogP contribution in [0.2, 0.25) is 5.02 Å². The van der Waals surface area contributed by atoms with Gasteiger partial charge >= 0.3 is 0 Å². The number of carbonyl (C=O) groups is 1. The molecule has 1 aromatic heterocycles. The molecule has 0 saturated carbocycles. The first-order chi connectivity index (χ1) is 14.5. The topological polar surface area (TPSA) is 84.1 Å². The van der Waals surface area contributed by atoms with Crippen LogP contribution in [-0.2, 0) is 6.42 Å². The lowest BCUT2D eigenvalue weighted by Gasteiger charge is -2.34. The van der Waals surface area contributed by atoms with Crippen molar-refractivity contribution in [3.63, 3.8) is 0 Å². The number of likely N-dealkylation sites (tertiary alicyclic amines) is 1. The molecule has 0 bridgehead atoms. The highest BCUT2D eigenvalue weighted by atomic mass is 35.5. The summed E-state index contributed by atoms with van der Waals surface area (Å²) in [4.78, 5) is 23.6. The van der Waals surface area contributed by atoms with Crippen LogP contribution in [0, 0.1) is 0 Å². The SMILES string of the molecule is CCc1nc(NCC(CN2CCC2)c2cccc(Cl)c2)c2cccc(C(N)=O)c2n1. The van der Waals surface area contributed by atoms with Crippen molar-refractivity contribution in [1.82, 2.24) is 14.9 Å². The van der Waals surface area contributed by atoms with Crippen molar-refractivity contribution in [2.45, 2.75) is 25.7 Å². The molecule has 1 fully saturated rings. The van der Waals surface area contributed by atoms with E-state index >= 15 is 0 Å². The van der Waals surface area contributed by atoms with Crippen molar-refractivity contribution in [3.05, 3.63) is 64.4 Å². The first-order valence-electron chi connectivity index (χ1n) is 10.4. The van der Waals surface area contributed by atoms with E-state index in [2.05, 4.69) is 21.3 Å². The number of aromatic nitrogens is 2. The van der Waals surface area contributed by atoms with Crippen molar-refractivity contribution in [2.75, 3.05) is 31.5 Å². The minimum atomic E-state index is -0.484. The van der Waals surface area contributed by atoms with E-state index in [9.17, 15) is 4.79 Å². The lowest BCUT2D eigenvalue weighted by Crippen LogP contribution is -2.41. The number of aryl methyl sites for hydroxylation is 1. The Morgan fingerprint density at radius 3 is 2.70 bits per heavy atom. The molecule has 3 aromatic rings. The highest BCUT2D eigenvalue weighted by Crippen LogP contribution is 2.27. The second-order valence-electron chi connectivity index (χ2n) is 7.69. The molecule has 1 aliphatic rings. The molecule has 0 radical (unpaired) electrons. The Bertz CT molecular complexity index is 1070. The van der Waals surface area contributed by atoms with Crippen molar-refractivity contribution in [1.29, 1.82) is 0 Å². The van der Waals surface area contributed by atoms with Gasteiger partial charge in [-0.3, -0.25) is 4.79 Å². The summed E-state index contributed by atoms with van der Waals surface area (Å²) in [5.41, 5.74) is 7.79. The van der Waals surface area contributed by atoms with Gasteiger partial charge < -0.3 is 16.0 Å². The van der Waals surface area contributed by atoms with Crippen LogP contribution in [0.15, 0.2) is 42.5 Å². The summed E-state index contributed by atoms with van der Waals surface area (Å²) in [5, 5.41) is 5.07. The van der Waals surface area contributed by atoms with E-state index in [0.717, 1.165) is 35.9 Å². The van der Waals surface area contributed by atoms with Crippen LogP contribution in [0.3, 0.4) is 0 Å². The van der Waals surface area contributed by atoms with Crippen molar-refractivity contribution < 1.29 is 4.79 Å². The third-order valence-electron chi connectivity index (χ3n) is 5.62. The summed E-state index contributed by atoms with van der Waals surface area (Å²) in [6, 6.07) is 13.5. The molecule has 1 unspecified atom stereocenters. The van der Waals surface area contributed by atoms with E-state index in [0.29, 0.717) is 29.9 Å². The van der Waals surface area contributed by atoms with Crippen LogP contribution in [0.1, 0.15) is 41.0 Å². The van der Waals surface area contributed by atoms with Crippen molar-refractivity contribution >= 4 is 34.2 Å². The van der Waals surface area contributed by atoms with Crippen LogP contribution < -0.4 is 11.1 Å². The zero-order chi connectivity index (χ0) is 21.1. The fourth-order valence-corrected chi connectivity index (χ4v) is 4.03. The number of rotatable bonds is 8. The summed E-state index contributed by atoms with van der Waals surface area (Å²) >= 11 is 6.26. The number of benzene rings is 2. The van der Waals surface area contributed by atoms with E-state index in [-0.39, 0.29) is 5.92 Å². The third-order valence-corrected chi connectivity index (χ3v) is 5.85. The Morgan fingerprint density at radius 1 is 1.23 bits per heavy atom. The van der Waals surface area contributed by atoms with Gasteiger partial charge in [-0.1, -0.05) is 36.7 Å². The predicted molar refractivity (Wildman–Crippen MR) is 121 cm³/mol. The predicted octanol–water partition coefficient (Wildman–Crippen LogP) is 3.85. The Kier molecular flexibility index (Phi) is 6.16. The molecule has 6 nitrogen and oxygen atoms in total. The maximum Gasteiger partial charge on any atom is 0.250 e. The normalized spacial score (nSPS) is 15.0. The molecule has 7 heteroatoms. The fraction of sp³-hybridized carbons (Fsp3) is 0.348. The molecule has 0 spiro atoms. The molecular formula is C23H26ClN5O. The van der Waals surface area contributed by atoms with Crippen LogP contribution in [0.25, 0.3) is 10.9 Å². The molecule has 1 saturated heterocycles. The zero-order valence-corrected chi connectivity index (χ0v) is 17.8. The summed E-state index contributed by atoms with van der Waals surface area (Å²) in [7, 11) is 0. The highest BCUT2D eigenvalue weighted by Gasteiger charge is 2.22. The number of halogens is 1. The molecular weight excluding hydrogens is 398 g/mol. The van der Waals surface area contributed by atoms with Crippen molar-refractivity contribution in [2.24, 2.45) is 5.73 Å². The number of primary amides is 1. The first kappa shape index (κ1) is 20.6. The lowest BCUT2D eigenvalue weighted by molar-refractivity contribution is 0.100. The third kappa shape index (κ3) is 4.40. The smallest absolute Gasteiger partial charge is 0.250 e. The zero-order valence-electron chi connectivity index (χ0n) is 17.1. The standard InChI is InChI=1S/C23H26ClN5O/c1-2-20-27-21-18(22(25)30)8-4-9-19(21)23(28-20)26-13-16(14-29-10-5-11-29)15-6-3-7-17(24)12-15/h3-4,6-9,12,16H,2,5,10-11,13-14H2,1H3,(H2,25,30)(H,26,27,28). The molecule has 1 amide bonds. The monoisotopic (exact) mass is 423 g/mol. The molecule has 1 aliphatic heterocycles. The van der Waals surface area contributed by atoms with Gasteiger partial charge in [-0.05, 0) is 49.3 Å². The first-order valence-corrected chi connectivity index (χ1v) is 10.7. The molecule has 30 heavy (non-hydrogen) atoms. The van der Waals surface area contributed by atoms with Crippen LogP contribution in [0.5, 0.6) is 0 Å². The van der Waals surface area contributed by atoms with Gasteiger partial charge in [-0.25, -0.2) is 9.97 Å². The molecule has 156 valence electrons. The molecule has 2 heterocycles. The Morgan fingerprint density at radius 2 is 2.03 bits per heavy atom. The second-order valence-corrected chi connectivity index (χ2v) is 8.13. The fourth-order valence-electron chi connectivity index (χ4n) is 3.83. The number of nitrogens with two attached hydrogens (primary N) is 1. The number of nitrogens with zero attached hydrogens (tertiary/aromatic N) is 3. The summed E-state index contributed by atoms with van der Waals surface area (Å²) in [6.07, 6.45) is 1.92. The number of anilines is 1. The Balaban J connectivity index is 1.66. The average Bonchev–Trinajstić information content (AvgIpc) is 2.71. The van der Waals surface area contributed by atoms with Gasteiger partial charge in [0.25, 0.3) is 5.91 Å². The second kappa shape index (κ2) is 8.98. The summed E-state index contributed by atoms with van der Waals surface area (Å²) in [6.45, 7) is 5.93. The van der Waals surface area contributed by atoms with E-state index in [4.69, 9.17) is 22.3 Å². The highest BCUT2D eigenvalue weighted by molar-refractivity contribution is 6.30. The number of nitrogens with one attached hydrogen (secondary N) is 1. The van der Waals surface area contributed by atoms with E-state index in [1.807, 2.05) is 37.3 Å². The number of carbonyl (C=O) groups excluding carboxylic acids is 1. The Hall–Kier alpha value is -2.70. The number of para-hydroxylation sites is 1. The molecule has 4 rings (SSSR count). The minimum Gasteiger partial charge on any atom is -0.369 e. The van der Waals surface area contributed by atoms with Gasteiger partial charge in [0.1, 0.15) is 11.6 Å². The van der Waals surface area contributed by atoms with Crippen molar-refractivity contribution in [3.8, 4) is 0 Å². The van der Waals surface area contributed by atoms with Crippen LogP contribution >= 0.6 is 11.6 Å². The lowest BCUT2D eigenvalue weighted by atomic mass is 9.97. The quantitative estimate of drug-likeness (QED) is 0.575. The summed E-state index contributed by atoms with van der Waals surface area (Å²) < 4.78 is 0. The number of hydrogen-bond donors (Lipinski definition) is 2. The van der Waals surface area contributed by atoms with Crippen LogP contribution in [-0.4, -0.2) is 47.0 Å². The van der Waals surface area contributed by atoms with Crippen LogP contribution in [0.4, 0.5) is 5.82 Å². The van der Waals surface area contributed by atoms with E-state index < -0.39 is 5.91 Å². The van der Waals surface area contributed by atoms with Gasteiger partial charge in [-0.2, -0.15) is 0 Å². The summed E-state index contributed by atoms with van der Waals surface area (Å²) in [5.74, 6) is 1.19. The molecule has 2 aromatic carbocycles.